The summed E-state index contributed by atoms with van der Waals surface area (Å²) in [6, 6.07) is 12.5. The highest BCUT2D eigenvalue weighted by atomic mass is 79.9. The normalized spacial score (nSPS) is 17.8. The maximum atomic E-state index is 6.26. The Morgan fingerprint density at radius 3 is 3.00 bits per heavy atom. The third-order valence-electron chi connectivity index (χ3n) is 3.07. The van der Waals surface area contributed by atoms with E-state index in [-0.39, 0.29) is 6.17 Å². The molecule has 0 bridgehead atoms. The van der Waals surface area contributed by atoms with E-state index in [0.717, 1.165) is 10.9 Å². The molecular formula is C13H12BrN2+. The van der Waals surface area contributed by atoms with Gasteiger partial charge in [0.2, 0.25) is 6.17 Å². The summed E-state index contributed by atoms with van der Waals surface area (Å²) in [6.07, 6.45) is 2.93. The van der Waals surface area contributed by atoms with Crippen LogP contribution in [0.3, 0.4) is 0 Å². The van der Waals surface area contributed by atoms with Crippen molar-refractivity contribution in [2.75, 3.05) is 0 Å². The first-order valence-corrected chi connectivity index (χ1v) is 6.08. The van der Waals surface area contributed by atoms with Crippen molar-refractivity contribution in [3.8, 4) is 0 Å². The Kier molecular flexibility index (Phi) is 2.30. The Morgan fingerprint density at radius 1 is 1.25 bits per heavy atom. The molecule has 0 spiro atoms. The number of hydrogen-bond donors (Lipinski definition) is 1. The molecule has 2 N–H and O–H groups in total. The van der Waals surface area contributed by atoms with Crippen LogP contribution in [-0.4, -0.2) is 0 Å². The second-order valence-corrected chi connectivity index (χ2v) is 4.98. The van der Waals surface area contributed by atoms with Gasteiger partial charge in [-0.2, -0.15) is 4.57 Å². The van der Waals surface area contributed by atoms with Crippen LogP contribution in [0.1, 0.15) is 23.0 Å². The monoisotopic (exact) mass is 275 g/mol. The van der Waals surface area contributed by atoms with E-state index in [1.165, 1.54) is 16.8 Å². The molecule has 1 aliphatic heterocycles. The number of pyridine rings is 1. The molecule has 1 atom stereocenters. The Hall–Kier alpha value is -1.19. The molecule has 0 radical (unpaired) electrons. The molecular weight excluding hydrogens is 264 g/mol. The van der Waals surface area contributed by atoms with Crippen molar-refractivity contribution >= 4 is 15.9 Å². The zero-order valence-corrected chi connectivity index (χ0v) is 10.3. The Labute approximate surface area is 103 Å². The van der Waals surface area contributed by atoms with Gasteiger partial charge in [-0.25, -0.2) is 0 Å². The lowest BCUT2D eigenvalue weighted by molar-refractivity contribution is -0.722. The van der Waals surface area contributed by atoms with E-state index in [1.54, 1.807) is 0 Å². The van der Waals surface area contributed by atoms with Crippen LogP contribution in [0.2, 0.25) is 0 Å². The van der Waals surface area contributed by atoms with Crippen LogP contribution in [0.15, 0.2) is 47.1 Å². The summed E-state index contributed by atoms with van der Waals surface area (Å²) < 4.78 is 3.25. The minimum atomic E-state index is -0.0620. The molecule has 2 heterocycles. The van der Waals surface area contributed by atoms with Crippen LogP contribution in [-0.2, 0) is 6.42 Å². The number of hydrogen-bond acceptors (Lipinski definition) is 1. The fourth-order valence-electron chi connectivity index (χ4n) is 2.27. The molecule has 80 valence electrons. The average molecular weight is 276 g/mol. The minimum Gasteiger partial charge on any atom is -0.269 e. The van der Waals surface area contributed by atoms with Crippen LogP contribution in [0.25, 0.3) is 0 Å². The van der Waals surface area contributed by atoms with E-state index < -0.39 is 0 Å². The van der Waals surface area contributed by atoms with E-state index in [2.05, 4.69) is 44.8 Å². The molecule has 1 aromatic carbocycles. The molecule has 1 aliphatic rings. The second kappa shape index (κ2) is 3.68. The molecule has 2 nitrogen and oxygen atoms in total. The summed E-state index contributed by atoms with van der Waals surface area (Å²) in [7, 11) is 0. The van der Waals surface area contributed by atoms with Gasteiger partial charge >= 0.3 is 0 Å². The SMILES string of the molecule is NC1c2ccc(Br)cc2Cc2cccc[n+]21. The van der Waals surface area contributed by atoms with Crippen LogP contribution in [0.5, 0.6) is 0 Å². The van der Waals surface area contributed by atoms with Gasteiger partial charge in [-0.1, -0.05) is 22.0 Å². The third kappa shape index (κ3) is 1.47. The molecule has 0 saturated carbocycles. The smallest absolute Gasteiger partial charge is 0.236 e. The molecule has 0 amide bonds. The van der Waals surface area contributed by atoms with Gasteiger partial charge in [-0.3, -0.25) is 5.73 Å². The standard InChI is InChI=1S/C13H12BrN2/c14-10-4-5-12-9(7-10)8-11-3-1-2-6-16(11)13(12)15/h1-7,13H,8,15H2/q+1. The van der Waals surface area contributed by atoms with Gasteiger partial charge in [0, 0.05) is 22.2 Å². The predicted octanol–water partition coefficient (Wildman–Crippen LogP) is 2.15. The minimum absolute atomic E-state index is 0.0620. The van der Waals surface area contributed by atoms with Crippen LogP contribution >= 0.6 is 15.9 Å². The summed E-state index contributed by atoms with van der Waals surface area (Å²) in [5.41, 5.74) is 10.0. The lowest BCUT2D eigenvalue weighted by Gasteiger charge is -2.19. The van der Waals surface area contributed by atoms with Gasteiger partial charge in [-0.15, -0.1) is 0 Å². The quantitative estimate of drug-likeness (QED) is 0.734. The molecule has 3 heteroatoms. The molecule has 0 saturated heterocycles. The van der Waals surface area contributed by atoms with Crippen molar-refractivity contribution in [2.45, 2.75) is 12.6 Å². The number of nitrogens with zero attached hydrogens (tertiary/aromatic N) is 1. The van der Waals surface area contributed by atoms with Crippen molar-refractivity contribution in [3.63, 3.8) is 0 Å². The summed E-state index contributed by atoms with van der Waals surface area (Å²) in [6.45, 7) is 0. The maximum Gasteiger partial charge on any atom is 0.236 e. The number of fused-ring (bicyclic) bond motifs is 2. The zero-order chi connectivity index (χ0) is 11.1. The van der Waals surface area contributed by atoms with Crippen LogP contribution in [0, 0.1) is 0 Å². The average Bonchev–Trinajstić information content (AvgIpc) is 2.29. The second-order valence-electron chi connectivity index (χ2n) is 4.06. The molecule has 1 unspecified atom stereocenters. The molecule has 0 aliphatic carbocycles. The Morgan fingerprint density at radius 2 is 2.12 bits per heavy atom. The lowest BCUT2D eigenvalue weighted by Crippen LogP contribution is -2.51. The number of rotatable bonds is 0. The first kappa shape index (κ1) is 10.00. The van der Waals surface area contributed by atoms with Gasteiger partial charge in [-0.05, 0) is 23.8 Å². The third-order valence-corrected chi connectivity index (χ3v) is 3.57. The summed E-state index contributed by atoms with van der Waals surface area (Å²) in [4.78, 5) is 0. The molecule has 2 aromatic rings. The van der Waals surface area contributed by atoms with Crippen molar-refractivity contribution < 1.29 is 4.57 Å². The van der Waals surface area contributed by atoms with Crippen molar-refractivity contribution in [3.05, 3.63) is 63.9 Å². The van der Waals surface area contributed by atoms with Gasteiger partial charge in [0.05, 0.1) is 6.42 Å². The highest BCUT2D eigenvalue weighted by Crippen LogP contribution is 2.25. The lowest BCUT2D eigenvalue weighted by atomic mass is 9.96. The summed E-state index contributed by atoms with van der Waals surface area (Å²) >= 11 is 3.50. The first-order valence-electron chi connectivity index (χ1n) is 5.28. The van der Waals surface area contributed by atoms with Crippen LogP contribution in [0.4, 0.5) is 0 Å². The summed E-state index contributed by atoms with van der Waals surface area (Å²) in [5, 5.41) is 0. The number of benzene rings is 1. The first-order chi connectivity index (χ1) is 7.75. The van der Waals surface area contributed by atoms with E-state index >= 15 is 0 Å². The Balaban J connectivity index is 2.18. The summed E-state index contributed by atoms with van der Waals surface area (Å²) in [5.74, 6) is 0. The van der Waals surface area contributed by atoms with Crippen LogP contribution < -0.4 is 10.3 Å². The number of halogens is 1. The zero-order valence-electron chi connectivity index (χ0n) is 8.73. The van der Waals surface area contributed by atoms with Crippen molar-refractivity contribution in [1.29, 1.82) is 0 Å². The van der Waals surface area contributed by atoms with E-state index in [9.17, 15) is 0 Å². The highest BCUT2D eigenvalue weighted by molar-refractivity contribution is 9.10. The number of aromatic nitrogens is 1. The number of nitrogens with two attached hydrogens (primary N) is 1. The molecule has 16 heavy (non-hydrogen) atoms. The molecule has 0 fully saturated rings. The predicted molar refractivity (Wildman–Crippen MR) is 65.9 cm³/mol. The highest BCUT2D eigenvalue weighted by Gasteiger charge is 2.28. The van der Waals surface area contributed by atoms with Crippen molar-refractivity contribution in [1.82, 2.24) is 0 Å². The molecule has 3 rings (SSSR count). The fraction of sp³-hybridized carbons (Fsp3) is 0.154. The van der Waals surface area contributed by atoms with Gasteiger partial charge in [0.1, 0.15) is 0 Å². The maximum absolute atomic E-state index is 6.26. The largest absolute Gasteiger partial charge is 0.269 e. The van der Waals surface area contributed by atoms with Gasteiger partial charge in [0.25, 0.3) is 0 Å². The van der Waals surface area contributed by atoms with E-state index in [0.29, 0.717) is 0 Å². The Bertz CT molecular complexity index is 551. The van der Waals surface area contributed by atoms with E-state index in [1.807, 2.05) is 18.3 Å². The van der Waals surface area contributed by atoms with Gasteiger partial charge < -0.3 is 0 Å². The fourth-order valence-corrected chi connectivity index (χ4v) is 2.68. The topological polar surface area (TPSA) is 29.9 Å². The van der Waals surface area contributed by atoms with E-state index in [4.69, 9.17) is 5.73 Å². The van der Waals surface area contributed by atoms with Crippen molar-refractivity contribution in [2.24, 2.45) is 5.73 Å². The molecule has 1 aromatic heterocycles. The van der Waals surface area contributed by atoms with Gasteiger partial charge in [0.15, 0.2) is 11.9 Å².